The average molecular weight is 286 g/mol. The Hall–Kier alpha value is -1.16. The van der Waals surface area contributed by atoms with Crippen LogP contribution in [0.3, 0.4) is 0 Å². The van der Waals surface area contributed by atoms with E-state index in [1.54, 1.807) is 26.0 Å². The summed E-state index contributed by atoms with van der Waals surface area (Å²) in [6.07, 6.45) is 0. The molecule has 0 saturated heterocycles. The van der Waals surface area contributed by atoms with Crippen molar-refractivity contribution in [3.8, 4) is 5.75 Å². The Morgan fingerprint density at radius 1 is 1.21 bits per heavy atom. The van der Waals surface area contributed by atoms with Gasteiger partial charge in [-0.1, -0.05) is 12.1 Å². The molecule has 0 spiro atoms. The van der Waals surface area contributed by atoms with Crippen LogP contribution < -0.4 is 0 Å². The van der Waals surface area contributed by atoms with E-state index in [9.17, 15) is 14.5 Å². The molecule has 1 aromatic carbocycles. The Morgan fingerprint density at radius 2 is 1.68 bits per heavy atom. The Balaban J connectivity index is 3.21. The Morgan fingerprint density at radius 3 is 2.05 bits per heavy atom. The molecule has 1 aromatic rings. The molecule has 0 saturated carbocycles. The van der Waals surface area contributed by atoms with Gasteiger partial charge in [0.2, 0.25) is 0 Å². The second kappa shape index (κ2) is 6.85. The van der Waals surface area contributed by atoms with Gasteiger partial charge in [0.25, 0.3) is 0 Å². The average Bonchev–Trinajstić information content (AvgIpc) is 2.32. The fraction of sp³-hybridized carbons (Fsp3) is 0.462. The first-order valence-electron chi connectivity index (χ1n) is 6.12. The molecule has 106 valence electrons. The van der Waals surface area contributed by atoms with Crippen molar-refractivity contribution in [1.29, 1.82) is 0 Å². The maximum Gasteiger partial charge on any atom is 0.345 e. The second-order valence-electron chi connectivity index (χ2n) is 3.98. The normalized spacial score (nSPS) is 13.2. The van der Waals surface area contributed by atoms with Gasteiger partial charge in [-0.3, -0.25) is 9.36 Å². The van der Waals surface area contributed by atoms with Gasteiger partial charge in [0.15, 0.2) is 0 Å². The summed E-state index contributed by atoms with van der Waals surface area (Å²) in [7, 11) is -3.55. The summed E-state index contributed by atoms with van der Waals surface area (Å²) in [5.74, 6) is -0.218. The summed E-state index contributed by atoms with van der Waals surface area (Å²) in [6.45, 7) is 5.12. The number of rotatable bonds is 7. The number of ketones is 1. The maximum absolute atomic E-state index is 12.7. The summed E-state index contributed by atoms with van der Waals surface area (Å²) in [6, 6.07) is 5.97. The third-order valence-corrected chi connectivity index (χ3v) is 5.06. The van der Waals surface area contributed by atoms with Gasteiger partial charge < -0.3 is 14.2 Å². The molecule has 1 atom stereocenters. The van der Waals surface area contributed by atoms with Crippen LogP contribution in [0, 0.1) is 0 Å². The van der Waals surface area contributed by atoms with Crippen LogP contribution >= 0.6 is 7.60 Å². The van der Waals surface area contributed by atoms with Gasteiger partial charge in [0.05, 0.1) is 13.2 Å². The predicted molar refractivity (Wildman–Crippen MR) is 72.4 cm³/mol. The van der Waals surface area contributed by atoms with E-state index < -0.39 is 13.3 Å². The van der Waals surface area contributed by atoms with Crippen molar-refractivity contribution in [2.24, 2.45) is 0 Å². The van der Waals surface area contributed by atoms with Gasteiger partial charge in [0, 0.05) is 0 Å². The Labute approximate surface area is 113 Å². The SMILES string of the molecule is CCOP(=O)(OCC)C(C(C)=O)c1ccc(O)cc1. The molecule has 1 N–H and O–H groups in total. The van der Waals surface area contributed by atoms with Crippen molar-refractivity contribution in [2.75, 3.05) is 13.2 Å². The molecular formula is C13H19O5P. The molecule has 0 bridgehead atoms. The van der Waals surface area contributed by atoms with Crippen molar-refractivity contribution in [1.82, 2.24) is 0 Å². The van der Waals surface area contributed by atoms with Crippen molar-refractivity contribution in [3.05, 3.63) is 29.8 Å². The summed E-state index contributed by atoms with van der Waals surface area (Å²) >= 11 is 0. The van der Waals surface area contributed by atoms with Crippen LogP contribution in [0.2, 0.25) is 0 Å². The summed E-state index contributed by atoms with van der Waals surface area (Å²) < 4.78 is 23.2. The molecule has 0 heterocycles. The van der Waals surface area contributed by atoms with Crippen LogP contribution in [0.15, 0.2) is 24.3 Å². The molecule has 5 nitrogen and oxygen atoms in total. The van der Waals surface area contributed by atoms with Crippen LogP contribution in [0.5, 0.6) is 5.75 Å². The maximum atomic E-state index is 12.7. The highest BCUT2D eigenvalue weighted by Gasteiger charge is 2.40. The minimum Gasteiger partial charge on any atom is -0.508 e. The molecule has 1 rings (SSSR count). The third kappa shape index (κ3) is 3.90. The van der Waals surface area contributed by atoms with Crippen LogP contribution in [0.25, 0.3) is 0 Å². The van der Waals surface area contributed by atoms with E-state index in [1.807, 2.05) is 0 Å². The van der Waals surface area contributed by atoms with Gasteiger partial charge in [-0.2, -0.15) is 0 Å². The lowest BCUT2D eigenvalue weighted by atomic mass is 10.1. The highest BCUT2D eigenvalue weighted by atomic mass is 31.2. The molecule has 0 fully saturated rings. The number of aromatic hydroxyl groups is 1. The van der Waals surface area contributed by atoms with E-state index in [0.717, 1.165) is 0 Å². The van der Waals surface area contributed by atoms with Crippen LogP contribution in [-0.4, -0.2) is 24.1 Å². The van der Waals surface area contributed by atoms with E-state index in [-0.39, 0.29) is 24.7 Å². The first-order valence-corrected chi connectivity index (χ1v) is 7.74. The van der Waals surface area contributed by atoms with Gasteiger partial charge >= 0.3 is 7.60 Å². The number of hydrogen-bond acceptors (Lipinski definition) is 5. The van der Waals surface area contributed by atoms with Crippen LogP contribution in [0.4, 0.5) is 0 Å². The monoisotopic (exact) mass is 286 g/mol. The zero-order valence-corrected chi connectivity index (χ0v) is 12.2. The van der Waals surface area contributed by atoms with Crippen molar-refractivity contribution in [2.45, 2.75) is 26.4 Å². The molecule has 0 aromatic heterocycles. The zero-order valence-electron chi connectivity index (χ0n) is 11.3. The fourth-order valence-electron chi connectivity index (χ4n) is 1.84. The Kier molecular flexibility index (Phi) is 5.73. The summed E-state index contributed by atoms with van der Waals surface area (Å²) in [5, 5.41) is 9.27. The Bertz CT molecular complexity index is 458. The highest BCUT2D eigenvalue weighted by Crippen LogP contribution is 2.61. The van der Waals surface area contributed by atoms with Gasteiger partial charge in [0.1, 0.15) is 17.2 Å². The largest absolute Gasteiger partial charge is 0.508 e. The highest BCUT2D eigenvalue weighted by molar-refractivity contribution is 7.55. The smallest absolute Gasteiger partial charge is 0.345 e. The summed E-state index contributed by atoms with van der Waals surface area (Å²) in [5.41, 5.74) is -0.455. The molecule has 1 unspecified atom stereocenters. The number of Topliss-reactive ketones (excluding diaryl/α,β-unsaturated/α-hetero) is 1. The number of phenols is 1. The molecular weight excluding hydrogens is 267 g/mol. The lowest BCUT2D eigenvalue weighted by Gasteiger charge is -2.24. The number of hydrogen-bond donors (Lipinski definition) is 1. The molecule has 0 aliphatic heterocycles. The quantitative estimate of drug-likeness (QED) is 0.779. The minimum absolute atomic E-state index is 0.0775. The van der Waals surface area contributed by atoms with E-state index in [0.29, 0.717) is 5.56 Å². The first kappa shape index (κ1) is 15.9. The molecule has 0 aliphatic rings. The van der Waals surface area contributed by atoms with E-state index >= 15 is 0 Å². The minimum atomic E-state index is -3.55. The topological polar surface area (TPSA) is 72.8 Å². The molecule has 0 amide bonds. The van der Waals surface area contributed by atoms with E-state index in [2.05, 4.69) is 0 Å². The molecule has 0 radical (unpaired) electrons. The second-order valence-corrected chi connectivity index (χ2v) is 6.09. The standard InChI is InChI=1S/C13H19O5P/c1-4-17-19(16,18-5-2)13(10(3)14)11-6-8-12(15)9-7-11/h6-9,13,15H,4-5H2,1-3H3. The van der Waals surface area contributed by atoms with Crippen molar-refractivity contribution in [3.63, 3.8) is 0 Å². The van der Waals surface area contributed by atoms with Gasteiger partial charge in [-0.15, -0.1) is 0 Å². The zero-order chi connectivity index (χ0) is 14.5. The van der Waals surface area contributed by atoms with E-state index in [1.165, 1.54) is 19.1 Å². The molecule has 6 heteroatoms. The number of carbonyl (C=O) groups excluding carboxylic acids is 1. The van der Waals surface area contributed by atoms with Crippen LogP contribution in [-0.2, 0) is 18.4 Å². The van der Waals surface area contributed by atoms with Gasteiger partial charge in [-0.25, -0.2) is 0 Å². The van der Waals surface area contributed by atoms with Crippen molar-refractivity contribution >= 4 is 13.4 Å². The fourth-order valence-corrected chi connectivity index (χ4v) is 3.92. The summed E-state index contributed by atoms with van der Waals surface area (Å²) in [4.78, 5) is 11.8. The number of carbonyl (C=O) groups is 1. The van der Waals surface area contributed by atoms with E-state index in [4.69, 9.17) is 9.05 Å². The predicted octanol–water partition coefficient (Wildman–Crippen LogP) is 3.29. The van der Waals surface area contributed by atoms with Crippen LogP contribution in [0.1, 0.15) is 32.0 Å². The number of benzene rings is 1. The third-order valence-electron chi connectivity index (χ3n) is 2.53. The molecule has 19 heavy (non-hydrogen) atoms. The van der Waals surface area contributed by atoms with Gasteiger partial charge in [-0.05, 0) is 38.5 Å². The first-order chi connectivity index (χ1) is 8.94. The van der Waals surface area contributed by atoms with Crippen molar-refractivity contribution < 1.29 is 23.5 Å². The lowest BCUT2D eigenvalue weighted by Crippen LogP contribution is -2.13. The molecule has 0 aliphatic carbocycles. The number of phenolic OH excluding ortho intramolecular Hbond substituents is 1. The lowest BCUT2D eigenvalue weighted by molar-refractivity contribution is -0.117.